The predicted molar refractivity (Wildman–Crippen MR) is 109 cm³/mol. The van der Waals surface area contributed by atoms with Crippen LogP contribution in [0.2, 0.25) is 0 Å². The van der Waals surface area contributed by atoms with E-state index in [1.165, 1.54) is 13.0 Å². The highest BCUT2D eigenvalue weighted by molar-refractivity contribution is 6.21. The average Bonchev–Trinajstić information content (AvgIpc) is 2.90. The fourth-order valence-corrected chi connectivity index (χ4v) is 3.68. The molecule has 0 saturated heterocycles. The van der Waals surface area contributed by atoms with Crippen LogP contribution in [0.25, 0.3) is 0 Å². The van der Waals surface area contributed by atoms with Gasteiger partial charge in [-0.25, -0.2) is 9.59 Å². The maximum Gasteiger partial charge on any atom is 0.341 e. The van der Waals surface area contributed by atoms with E-state index in [2.05, 4.69) is 11.9 Å². The fraction of sp³-hybridized carbons (Fsp3) is 0.318. The molecule has 1 amide bonds. The molecule has 2 heterocycles. The molecule has 1 aromatic rings. The Labute approximate surface area is 174 Å². The van der Waals surface area contributed by atoms with E-state index >= 15 is 0 Å². The highest BCUT2D eigenvalue weighted by atomic mass is 16.6. The van der Waals surface area contributed by atoms with Gasteiger partial charge >= 0.3 is 11.9 Å². The van der Waals surface area contributed by atoms with Crippen LogP contribution in [-0.2, 0) is 34.0 Å². The summed E-state index contributed by atoms with van der Waals surface area (Å²) in [7, 11) is 0. The molecule has 0 bridgehead atoms. The summed E-state index contributed by atoms with van der Waals surface area (Å²) >= 11 is 0. The monoisotopic (exact) mass is 412 g/mol. The molecule has 0 fully saturated rings. The number of amides is 1. The summed E-state index contributed by atoms with van der Waals surface area (Å²) in [6.07, 6.45) is 1.39. The van der Waals surface area contributed by atoms with E-state index in [4.69, 9.17) is 19.9 Å². The summed E-state index contributed by atoms with van der Waals surface area (Å²) in [5.41, 5.74) is 3.77. The molecule has 0 radical (unpaired) electrons. The number of fused-ring (bicyclic) bond motifs is 2. The number of hydrogen-bond acceptors (Lipinski definition) is 7. The van der Waals surface area contributed by atoms with Crippen LogP contribution >= 0.6 is 0 Å². The van der Waals surface area contributed by atoms with Gasteiger partial charge in [0, 0.05) is 11.3 Å². The topological polar surface area (TPSA) is 117 Å². The maximum absolute atomic E-state index is 13.4. The number of rotatable bonds is 4. The van der Waals surface area contributed by atoms with Crippen LogP contribution in [0.1, 0.15) is 33.3 Å². The summed E-state index contributed by atoms with van der Waals surface area (Å²) in [5.74, 6) is -2.57. The van der Waals surface area contributed by atoms with Crippen molar-refractivity contribution < 1.29 is 28.6 Å². The molecule has 1 atom stereocenters. The molecule has 0 aliphatic carbocycles. The van der Waals surface area contributed by atoms with Gasteiger partial charge in [-0.3, -0.25) is 4.79 Å². The molecule has 0 aromatic heterocycles. The second-order valence-corrected chi connectivity index (χ2v) is 7.91. The van der Waals surface area contributed by atoms with Gasteiger partial charge in [-0.05, 0) is 33.8 Å². The van der Waals surface area contributed by atoms with Crippen LogP contribution in [0.3, 0.4) is 0 Å². The third-order valence-corrected chi connectivity index (χ3v) is 4.67. The summed E-state index contributed by atoms with van der Waals surface area (Å²) < 4.78 is 16.3. The molecule has 2 aliphatic heterocycles. The van der Waals surface area contributed by atoms with Crippen molar-refractivity contribution in [1.29, 1.82) is 0 Å². The molecule has 8 nitrogen and oxygen atoms in total. The van der Waals surface area contributed by atoms with Crippen molar-refractivity contribution in [2.24, 2.45) is 5.73 Å². The van der Waals surface area contributed by atoms with Gasteiger partial charge in [-0.15, -0.1) is 0 Å². The molecular weight excluding hydrogens is 388 g/mol. The summed E-state index contributed by atoms with van der Waals surface area (Å²) in [4.78, 5) is 39.7. The molecule has 1 spiro atoms. The van der Waals surface area contributed by atoms with E-state index < -0.39 is 28.9 Å². The lowest BCUT2D eigenvalue weighted by molar-refractivity contribution is -0.152. The van der Waals surface area contributed by atoms with Gasteiger partial charge in [0.05, 0.1) is 0 Å². The Morgan fingerprint density at radius 3 is 2.53 bits per heavy atom. The van der Waals surface area contributed by atoms with Gasteiger partial charge in [-0.1, -0.05) is 30.9 Å². The van der Waals surface area contributed by atoms with Crippen LogP contribution in [0.5, 0.6) is 0 Å². The Morgan fingerprint density at radius 1 is 1.23 bits per heavy atom. The average molecular weight is 412 g/mol. The molecule has 158 valence electrons. The Hall–Kier alpha value is -3.55. The van der Waals surface area contributed by atoms with Gasteiger partial charge in [0.25, 0.3) is 0 Å². The zero-order valence-corrected chi connectivity index (χ0v) is 17.3. The summed E-state index contributed by atoms with van der Waals surface area (Å²) in [6.45, 7) is 9.97. The largest absolute Gasteiger partial charge is 0.458 e. The number of para-hydroxylation sites is 1. The highest BCUT2D eigenvalue weighted by Gasteiger charge is 2.62. The lowest BCUT2D eigenvalue weighted by atomic mass is 9.67. The van der Waals surface area contributed by atoms with Crippen LogP contribution < -0.4 is 11.1 Å². The molecule has 30 heavy (non-hydrogen) atoms. The Balaban J connectivity index is 2.32. The Bertz CT molecular complexity index is 1010. The van der Waals surface area contributed by atoms with Gasteiger partial charge in [0.1, 0.15) is 34.5 Å². The minimum Gasteiger partial charge on any atom is -0.458 e. The highest BCUT2D eigenvalue weighted by Crippen LogP contribution is 2.52. The number of hydrogen-bond donors (Lipinski definition) is 2. The first-order valence-corrected chi connectivity index (χ1v) is 9.35. The van der Waals surface area contributed by atoms with E-state index in [9.17, 15) is 14.4 Å². The minimum atomic E-state index is -1.87. The molecule has 1 aromatic carbocycles. The SMILES string of the molecule is C=CCOC(=O)C1=C(C)OC(N)=C(C(=O)OC(C)(C)C)[C@]12C(=O)Nc1ccccc12. The van der Waals surface area contributed by atoms with Crippen molar-refractivity contribution in [1.82, 2.24) is 0 Å². The van der Waals surface area contributed by atoms with Crippen molar-refractivity contribution in [2.45, 2.75) is 38.7 Å². The van der Waals surface area contributed by atoms with Crippen molar-refractivity contribution >= 4 is 23.5 Å². The van der Waals surface area contributed by atoms with Crippen LogP contribution in [-0.4, -0.2) is 30.1 Å². The quantitative estimate of drug-likeness (QED) is 0.576. The Kier molecular flexibility index (Phi) is 5.20. The van der Waals surface area contributed by atoms with Gasteiger partial charge in [0.2, 0.25) is 11.8 Å². The molecule has 0 saturated carbocycles. The Morgan fingerprint density at radius 2 is 1.90 bits per heavy atom. The second kappa shape index (κ2) is 7.37. The first kappa shape index (κ1) is 21.2. The molecular formula is C22H24N2O6. The number of nitrogens with two attached hydrogens (primary N) is 1. The van der Waals surface area contributed by atoms with Gasteiger partial charge < -0.3 is 25.3 Å². The summed E-state index contributed by atoms with van der Waals surface area (Å²) in [5, 5.41) is 2.73. The van der Waals surface area contributed by atoms with E-state index in [1.54, 1.807) is 45.0 Å². The molecule has 8 heteroatoms. The molecule has 2 aliphatic rings. The number of allylic oxidation sites excluding steroid dienone is 1. The number of ether oxygens (including phenoxy) is 3. The van der Waals surface area contributed by atoms with E-state index in [0.717, 1.165) is 0 Å². The van der Waals surface area contributed by atoms with E-state index in [0.29, 0.717) is 11.3 Å². The normalized spacial score (nSPS) is 20.5. The van der Waals surface area contributed by atoms with Crippen molar-refractivity contribution in [3.63, 3.8) is 0 Å². The maximum atomic E-state index is 13.4. The fourth-order valence-electron chi connectivity index (χ4n) is 3.68. The van der Waals surface area contributed by atoms with E-state index in [-0.39, 0.29) is 29.4 Å². The van der Waals surface area contributed by atoms with Gasteiger partial charge in [-0.2, -0.15) is 0 Å². The lowest BCUT2D eigenvalue weighted by Crippen LogP contribution is -2.49. The minimum absolute atomic E-state index is 0.0562. The molecule has 0 unspecified atom stereocenters. The van der Waals surface area contributed by atoms with Crippen molar-refractivity contribution in [3.8, 4) is 0 Å². The first-order valence-electron chi connectivity index (χ1n) is 9.35. The number of anilines is 1. The third-order valence-electron chi connectivity index (χ3n) is 4.67. The second-order valence-electron chi connectivity index (χ2n) is 7.91. The number of carbonyl (C=O) groups is 3. The third kappa shape index (κ3) is 3.24. The predicted octanol–water partition coefficient (Wildman–Crippen LogP) is 2.42. The molecule has 3 N–H and O–H groups in total. The number of esters is 2. The van der Waals surface area contributed by atoms with Crippen LogP contribution in [0.15, 0.2) is 59.7 Å². The first-order chi connectivity index (χ1) is 14.0. The number of benzene rings is 1. The standard InChI is InChI=1S/C22H24N2O6/c1-6-11-28-18(25)15-12(2)29-17(23)16(19(26)30-21(3,4)5)22(15)13-9-7-8-10-14(13)24-20(22)27/h6-10H,1,11,23H2,2-5H3,(H,24,27)/t22-/m1/s1. The lowest BCUT2D eigenvalue weighted by Gasteiger charge is -2.36. The van der Waals surface area contributed by atoms with Crippen molar-refractivity contribution in [2.75, 3.05) is 11.9 Å². The number of carbonyl (C=O) groups excluding carboxylic acids is 3. The van der Waals surface area contributed by atoms with Crippen molar-refractivity contribution in [3.05, 3.63) is 65.3 Å². The smallest absolute Gasteiger partial charge is 0.341 e. The zero-order valence-electron chi connectivity index (χ0n) is 17.3. The van der Waals surface area contributed by atoms with Crippen LogP contribution in [0, 0.1) is 0 Å². The van der Waals surface area contributed by atoms with E-state index in [1.807, 2.05) is 0 Å². The van der Waals surface area contributed by atoms with Gasteiger partial charge in [0.15, 0.2) is 0 Å². The number of nitrogens with one attached hydrogen (secondary N) is 1. The zero-order chi connectivity index (χ0) is 22.3. The molecule has 3 rings (SSSR count). The van der Waals surface area contributed by atoms with Crippen LogP contribution in [0.4, 0.5) is 5.69 Å². The summed E-state index contributed by atoms with van der Waals surface area (Å²) in [6, 6.07) is 6.73.